The zero-order chi connectivity index (χ0) is 18.3. The summed E-state index contributed by atoms with van der Waals surface area (Å²) in [5.41, 5.74) is 1.11. The van der Waals surface area contributed by atoms with Crippen molar-refractivity contribution in [3.05, 3.63) is 34.3 Å². The molecule has 0 heterocycles. The lowest BCUT2D eigenvalue weighted by Crippen LogP contribution is -2.42. The Bertz CT molecular complexity index is 690. The van der Waals surface area contributed by atoms with Gasteiger partial charge in [0.15, 0.2) is 5.96 Å². The first-order valence-electron chi connectivity index (χ1n) is 8.60. The molecule has 0 aliphatic heterocycles. The fourth-order valence-electron chi connectivity index (χ4n) is 2.62. The van der Waals surface area contributed by atoms with Gasteiger partial charge in [-0.3, -0.25) is 4.99 Å². The van der Waals surface area contributed by atoms with Gasteiger partial charge in [-0.25, -0.2) is 13.1 Å². The maximum Gasteiger partial charge on any atom is 0.213 e. The van der Waals surface area contributed by atoms with Gasteiger partial charge in [0.1, 0.15) is 0 Å². The van der Waals surface area contributed by atoms with Gasteiger partial charge in [0.25, 0.3) is 0 Å². The third-order valence-corrected chi connectivity index (χ3v) is 6.50. The molecule has 1 saturated carbocycles. The molecule has 1 fully saturated rings. The van der Waals surface area contributed by atoms with E-state index in [4.69, 9.17) is 0 Å². The number of nitrogens with one attached hydrogen (secondary N) is 3. The molecule has 0 aromatic heterocycles. The molecular formula is C17H27BrN4O2S. The van der Waals surface area contributed by atoms with Crippen molar-refractivity contribution in [1.29, 1.82) is 0 Å². The van der Waals surface area contributed by atoms with Crippen molar-refractivity contribution in [2.45, 2.75) is 32.2 Å². The predicted molar refractivity (Wildman–Crippen MR) is 106 cm³/mol. The topological polar surface area (TPSA) is 82.6 Å². The Labute approximate surface area is 159 Å². The summed E-state index contributed by atoms with van der Waals surface area (Å²) in [6, 6.07) is 8.01. The predicted octanol–water partition coefficient (Wildman–Crippen LogP) is 2.39. The molecule has 0 spiro atoms. The minimum absolute atomic E-state index is 0.0316. The fraction of sp³-hybridized carbons (Fsp3) is 0.588. The Morgan fingerprint density at radius 3 is 2.68 bits per heavy atom. The average molecular weight is 431 g/mol. The van der Waals surface area contributed by atoms with Gasteiger partial charge in [-0.15, -0.1) is 0 Å². The lowest BCUT2D eigenvalue weighted by atomic mass is 9.86. The Kier molecular flexibility index (Phi) is 7.71. The van der Waals surface area contributed by atoms with Crippen molar-refractivity contribution in [3.63, 3.8) is 0 Å². The van der Waals surface area contributed by atoms with E-state index in [2.05, 4.69) is 36.3 Å². The average Bonchev–Trinajstić information content (AvgIpc) is 2.52. The van der Waals surface area contributed by atoms with E-state index in [0.717, 1.165) is 22.9 Å². The molecule has 1 aromatic carbocycles. The summed E-state index contributed by atoms with van der Waals surface area (Å²) < 4.78 is 27.7. The van der Waals surface area contributed by atoms with Crippen LogP contribution in [-0.2, 0) is 10.0 Å². The smallest absolute Gasteiger partial charge is 0.213 e. The van der Waals surface area contributed by atoms with E-state index >= 15 is 0 Å². The van der Waals surface area contributed by atoms with Gasteiger partial charge < -0.3 is 10.6 Å². The highest BCUT2D eigenvalue weighted by Crippen LogP contribution is 2.25. The zero-order valence-corrected chi connectivity index (χ0v) is 17.2. The molecule has 1 aliphatic rings. The molecule has 0 bridgehead atoms. The molecule has 3 N–H and O–H groups in total. The van der Waals surface area contributed by atoms with Crippen LogP contribution >= 0.6 is 15.9 Å². The molecule has 0 radical (unpaired) electrons. The molecule has 1 aliphatic carbocycles. The molecule has 0 amide bonds. The quantitative estimate of drug-likeness (QED) is 0.436. The van der Waals surface area contributed by atoms with Crippen LogP contribution in [0.2, 0.25) is 0 Å². The maximum absolute atomic E-state index is 12.0. The second-order valence-corrected chi connectivity index (χ2v) is 9.13. The van der Waals surface area contributed by atoms with E-state index in [1.165, 1.54) is 6.42 Å². The van der Waals surface area contributed by atoms with Crippen LogP contribution in [0, 0.1) is 5.92 Å². The first kappa shape index (κ1) is 20.2. The van der Waals surface area contributed by atoms with Gasteiger partial charge in [0, 0.05) is 24.6 Å². The van der Waals surface area contributed by atoms with Gasteiger partial charge in [-0.05, 0) is 37.3 Å². The van der Waals surface area contributed by atoms with Gasteiger partial charge in [-0.2, -0.15) is 0 Å². The molecule has 1 unspecified atom stereocenters. The SMILES string of the molecule is CN=C(NCCS(=O)(=O)NCC1CCC1)NC(C)c1ccccc1Br. The first-order chi connectivity index (χ1) is 11.9. The highest BCUT2D eigenvalue weighted by Gasteiger charge is 2.20. The Morgan fingerprint density at radius 2 is 2.08 bits per heavy atom. The van der Waals surface area contributed by atoms with E-state index in [-0.39, 0.29) is 11.8 Å². The van der Waals surface area contributed by atoms with Gasteiger partial charge in [0.2, 0.25) is 10.0 Å². The van der Waals surface area contributed by atoms with Crippen molar-refractivity contribution in [1.82, 2.24) is 15.4 Å². The number of halogens is 1. The summed E-state index contributed by atoms with van der Waals surface area (Å²) in [7, 11) is -1.57. The van der Waals surface area contributed by atoms with Crippen molar-refractivity contribution < 1.29 is 8.42 Å². The highest BCUT2D eigenvalue weighted by atomic mass is 79.9. The summed E-state index contributed by atoms with van der Waals surface area (Å²) in [5.74, 6) is 1.13. The van der Waals surface area contributed by atoms with Crippen LogP contribution in [0.3, 0.4) is 0 Å². The van der Waals surface area contributed by atoms with Crippen LogP contribution in [0.1, 0.15) is 37.8 Å². The molecule has 2 rings (SSSR count). The lowest BCUT2D eigenvalue weighted by Gasteiger charge is -2.25. The number of sulfonamides is 1. The molecular weight excluding hydrogens is 404 g/mol. The van der Waals surface area contributed by atoms with Crippen LogP contribution in [-0.4, -0.2) is 40.3 Å². The molecule has 1 atom stereocenters. The van der Waals surface area contributed by atoms with Gasteiger partial charge >= 0.3 is 0 Å². The number of guanidine groups is 1. The first-order valence-corrected chi connectivity index (χ1v) is 11.0. The molecule has 25 heavy (non-hydrogen) atoms. The molecule has 6 nitrogen and oxygen atoms in total. The van der Waals surface area contributed by atoms with E-state index in [9.17, 15) is 8.42 Å². The monoisotopic (exact) mass is 430 g/mol. The van der Waals surface area contributed by atoms with Gasteiger partial charge in [0.05, 0.1) is 11.8 Å². The number of hydrogen-bond donors (Lipinski definition) is 3. The van der Waals surface area contributed by atoms with Crippen LogP contribution in [0.4, 0.5) is 0 Å². The minimum Gasteiger partial charge on any atom is -0.355 e. The number of benzene rings is 1. The fourth-order valence-corrected chi connectivity index (χ4v) is 4.25. The largest absolute Gasteiger partial charge is 0.355 e. The highest BCUT2D eigenvalue weighted by molar-refractivity contribution is 9.10. The maximum atomic E-state index is 12.0. The zero-order valence-electron chi connectivity index (χ0n) is 14.8. The van der Waals surface area contributed by atoms with Crippen LogP contribution < -0.4 is 15.4 Å². The summed E-state index contributed by atoms with van der Waals surface area (Å²) in [5, 5.41) is 6.34. The van der Waals surface area contributed by atoms with E-state index in [1.54, 1.807) is 7.05 Å². The molecule has 0 saturated heterocycles. The van der Waals surface area contributed by atoms with E-state index in [1.807, 2.05) is 31.2 Å². The Hall–Kier alpha value is -1.12. The number of hydrogen-bond acceptors (Lipinski definition) is 3. The summed E-state index contributed by atoms with van der Waals surface area (Å²) >= 11 is 3.54. The van der Waals surface area contributed by atoms with Crippen LogP contribution in [0.25, 0.3) is 0 Å². The second kappa shape index (κ2) is 9.54. The Morgan fingerprint density at radius 1 is 1.36 bits per heavy atom. The number of nitrogens with zero attached hydrogens (tertiary/aromatic N) is 1. The Balaban J connectivity index is 1.77. The van der Waals surface area contributed by atoms with Gasteiger partial charge in [-0.1, -0.05) is 40.5 Å². The summed E-state index contributed by atoms with van der Waals surface area (Å²) in [6.07, 6.45) is 3.47. The van der Waals surface area contributed by atoms with Crippen molar-refractivity contribution >= 4 is 31.9 Å². The molecule has 1 aromatic rings. The summed E-state index contributed by atoms with van der Waals surface area (Å²) in [6.45, 7) is 2.90. The normalized spacial score (nSPS) is 17.0. The summed E-state index contributed by atoms with van der Waals surface area (Å²) in [4.78, 5) is 4.16. The van der Waals surface area contributed by atoms with E-state index in [0.29, 0.717) is 25.0 Å². The molecule has 8 heteroatoms. The molecule has 140 valence electrons. The van der Waals surface area contributed by atoms with E-state index < -0.39 is 10.0 Å². The standard InChI is InChI=1S/C17H27BrN4O2S/c1-13(15-8-3-4-9-16(15)18)22-17(19-2)20-10-11-25(23,24)21-12-14-6-5-7-14/h3-4,8-9,13-14,21H,5-7,10-12H2,1-2H3,(H2,19,20,22). The van der Waals surface area contributed by atoms with Crippen molar-refractivity contribution in [3.8, 4) is 0 Å². The van der Waals surface area contributed by atoms with Crippen LogP contribution in [0.5, 0.6) is 0 Å². The number of aliphatic imine (C=N–C) groups is 1. The minimum atomic E-state index is -3.25. The third kappa shape index (κ3) is 6.60. The lowest BCUT2D eigenvalue weighted by molar-refractivity contribution is 0.316. The van der Waals surface area contributed by atoms with Crippen molar-refractivity contribution in [2.75, 3.05) is 25.9 Å². The second-order valence-electron chi connectivity index (χ2n) is 6.35. The van der Waals surface area contributed by atoms with Crippen molar-refractivity contribution in [2.24, 2.45) is 10.9 Å². The third-order valence-electron chi connectivity index (χ3n) is 4.43. The number of rotatable bonds is 8. The van der Waals surface area contributed by atoms with Crippen LogP contribution in [0.15, 0.2) is 33.7 Å².